The maximum atomic E-state index is 11.7. The molecule has 0 aromatic rings. The Labute approximate surface area is 193 Å². The first-order valence-electron chi connectivity index (χ1n) is 10.8. The Morgan fingerprint density at radius 3 is 1.97 bits per heavy atom. The van der Waals surface area contributed by atoms with Gasteiger partial charge in [-0.3, -0.25) is 24.1 Å². The second-order valence-corrected chi connectivity index (χ2v) is 8.01. The summed E-state index contributed by atoms with van der Waals surface area (Å²) in [5.41, 5.74) is -0.571. The first-order valence-corrected chi connectivity index (χ1v) is 10.8. The maximum absolute atomic E-state index is 11.7. The number of amides is 5. The van der Waals surface area contributed by atoms with E-state index in [1.165, 1.54) is 12.2 Å². The van der Waals surface area contributed by atoms with E-state index >= 15 is 0 Å². The second kappa shape index (κ2) is 15.0. The summed E-state index contributed by atoms with van der Waals surface area (Å²) in [6.07, 6.45) is 2.03. The summed E-state index contributed by atoms with van der Waals surface area (Å²) in [6, 6.07) is 0. The zero-order valence-corrected chi connectivity index (χ0v) is 19.4. The molecule has 186 valence electrons. The lowest BCUT2D eigenvalue weighted by Crippen LogP contribution is -2.38. The molecule has 12 nitrogen and oxygen atoms in total. The van der Waals surface area contributed by atoms with Gasteiger partial charge in [-0.1, -0.05) is 0 Å². The minimum Gasteiger partial charge on any atom is -0.444 e. The van der Waals surface area contributed by atoms with Crippen molar-refractivity contribution in [3.8, 4) is 0 Å². The van der Waals surface area contributed by atoms with Crippen LogP contribution < -0.4 is 16.0 Å². The van der Waals surface area contributed by atoms with Crippen molar-refractivity contribution in [2.75, 3.05) is 52.6 Å². The van der Waals surface area contributed by atoms with Gasteiger partial charge in [0.05, 0.1) is 26.4 Å². The molecule has 0 unspecified atom stereocenters. The Kier molecular flexibility index (Phi) is 12.7. The van der Waals surface area contributed by atoms with Gasteiger partial charge in [-0.05, 0) is 20.8 Å². The van der Waals surface area contributed by atoms with Gasteiger partial charge in [-0.25, -0.2) is 4.79 Å². The molecule has 3 N–H and O–H groups in total. The van der Waals surface area contributed by atoms with E-state index in [2.05, 4.69) is 16.0 Å². The van der Waals surface area contributed by atoms with Crippen LogP contribution in [0.25, 0.3) is 0 Å². The van der Waals surface area contributed by atoms with Crippen LogP contribution in [0.4, 0.5) is 4.79 Å². The summed E-state index contributed by atoms with van der Waals surface area (Å²) in [4.78, 5) is 58.6. The molecular weight excluding hydrogens is 436 g/mol. The van der Waals surface area contributed by atoms with Crippen molar-refractivity contribution in [2.45, 2.75) is 39.2 Å². The van der Waals surface area contributed by atoms with E-state index in [1.54, 1.807) is 20.8 Å². The highest BCUT2D eigenvalue weighted by molar-refractivity contribution is 6.13. The fourth-order valence-electron chi connectivity index (χ4n) is 2.47. The Hall–Kier alpha value is -2.99. The molecule has 0 bridgehead atoms. The standard InChI is InChI=1S/C21H34N4O8/c1-21(2,3)33-20(30)24-9-8-22-17(27)7-12-31-14-15-32-13-10-23-16(26)6-11-25-18(28)4-5-19(25)29/h4-5H,6-15H2,1-3H3,(H,22,27)(H,23,26)(H,24,30). The minimum atomic E-state index is -0.571. The third-order valence-electron chi connectivity index (χ3n) is 3.99. The molecule has 1 rings (SSSR count). The van der Waals surface area contributed by atoms with Gasteiger partial charge in [0.25, 0.3) is 11.8 Å². The molecule has 33 heavy (non-hydrogen) atoms. The summed E-state index contributed by atoms with van der Waals surface area (Å²) in [5, 5.41) is 7.84. The van der Waals surface area contributed by atoms with Gasteiger partial charge < -0.3 is 30.2 Å². The molecule has 12 heteroatoms. The van der Waals surface area contributed by atoms with Gasteiger partial charge in [0.1, 0.15) is 5.60 Å². The van der Waals surface area contributed by atoms with Crippen LogP contribution in [0.15, 0.2) is 12.2 Å². The summed E-state index contributed by atoms with van der Waals surface area (Å²) in [6.45, 7) is 7.29. The number of rotatable bonds is 15. The molecule has 0 fully saturated rings. The van der Waals surface area contributed by atoms with Crippen molar-refractivity contribution in [1.82, 2.24) is 20.9 Å². The Morgan fingerprint density at radius 1 is 0.788 bits per heavy atom. The van der Waals surface area contributed by atoms with Crippen molar-refractivity contribution in [1.29, 1.82) is 0 Å². The molecule has 0 aliphatic carbocycles. The summed E-state index contributed by atoms with van der Waals surface area (Å²) in [7, 11) is 0. The maximum Gasteiger partial charge on any atom is 0.407 e. The Bertz CT molecular complexity index is 700. The molecule has 0 aromatic carbocycles. The van der Waals surface area contributed by atoms with E-state index in [9.17, 15) is 24.0 Å². The fraction of sp³-hybridized carbons (Fsp3) is 0.667. The van der Waals surface area contributed by atoms with E-state index in [4.69, 9.17) is 14.2 Å². The molecule has 0 atom stereocenters. The predicted octanol–water partition coefficient (Wildman–Crippen LogP) is -0.518. The zero-order chi connectivity index (χ0) is 24.7. The van der Waals surface area contributed by atoms with Gasteiger partial charge in [-0.15, -0.1) is 0 Å². The first kappa shape index (κ1) is 28.0. The van der Waals surface area contributed by atoms with Crippen LogP contribution in [0, 0.1) is 0 Å². The molecule has 1 heterocycles. The lowest BCUT2D eigenvalue weighted by atomic mass is 10.2. The molecule has 0 saturated heterocycles. The lowest BCUT2D eigenvalue weighted by molar-refractivity contribution is -0.137. The summed E-state index contributed by atoms with van der Waals surface area (Å²) in [5.74, 6) is -1.31. The van der Waals surface area contributed by atoms with Gasteiger partial charge in [0, 0.05) is 51.2 Å². The highest BCUT2D eigenvalue weighted by atomic mass is 16.6. The second-order valence-electron chi connectivity index (χ2n) is 8.01. The van der Waals surface area contributed by atoms with Crippen LogP contribution in [-0.2, 0) is 33.4 Å². The third-order valence-corrected chi connectivity index (χ3v) is 3.99. The van der Waals surface area contributed by atoms with Crippen molar-refractivity contribution in [3.63, 3.8) is 0 Å². The highest BCUT2D eigenvalue weighted by Crippen LogP contribution is 2.06. The molecule has 0 spiro atoms. The smallest absolute Gasteiger partial charge is 0.407 e. The van der Waals surface area contributed by atoms with Crippen LogP contribution in [0.5, 0.6) is 0 Å². The van der Waals surface area contributed by atoms with Crippen molar-refractivity contribution < 1.29 is 38.2 Å². The molecule has 1 aliphatic rings. The number of carbonyl (C=O) groups is 5. The summed E-state index contributed by atoms with van der Waals surface area (Å²) >= 11 is 0. The SMILES string of the molecule is CC(C)(C)OC(=O)NCCNC(=O)CCOCCOCCNC(=O)CCN1C(=O)C=CC1=O. The predicted molar refractivity (Wildman–Crippen MR) is 117 cm³/mol. The monoisotopic (exact) mass is 470 g/mol. The third kappa shape index (κ3) is 13.9. The van der Waals surface area contributed by atoms with Crippen molar-refractivity contribution >= 4 is 29.7 Å². The van der Waals surface area contributed by atoms with Gasteiger partial charge in [0.15, 0.2) is 0 Å². The van der Waals surface area contributed by atoms with Crippen molar-refractivity contribution in [2.24, 2.45) is 0 Å². The average molecular weight is 471 g/mol. The largest absolute Gasteiger partial charge is 0.444 e. The number of nitrogens with zero attached hydrogens (tertiary/aromatic N) is 1. The number of imide groups is 1. The van der Waals surface area contributed by atoms with Gasteiger partial charge >= 0.3 is 6.09 Å². The van der Waals surface area contributed by atoms with E-state index in [-0.39, 0.29) is 57.5 Å². The van der Waals surface area contributed by atoms with Crippen LogP contribution >= 0.6 is 0 Å². The molecular formula is C21H34N4O8. The number of carbonyl (C=O) groups excluding carboxylic acids is 5. The number of ether oxygens (including phenoxy) is 3. The lowest BCUT2D eigenvalue weighted by Gasteiger charge is -2.19. The quantitative estimate of drug-likeness (QED) is 0.214. The van der Waals surface area contributed by atoms with E-state index in [0.717, 1.165) is 4.90 Å². The van der Waals surface area contributed by atoms with Gasteiger partial charge in [0.2, 0.25) is 11.8 Å². The van der Waals surface area contributed by atoms with Crippen LogP contribution in [-0.4, -0.2) is 92.8 Å². The summed E-state index contributed by atoms with van der Waals surface area (Å²) < 4.78 is 15.7. The van der Waals surface area contributed by atoms with E-state index < -0.39 is 23.5 Å². The molecule has 5 amide bonds. The number of hydrogen-bond acceptors (Lipinski definition) is 8. The first-order chi connectivity index (χ1) is 15.6. The van der Waals surface area contributed by atoms with Crippen LogP contribution in [0.1, 0.15) is 33.6 Å². The normalized spacial score (nSPS) is 13.2. The Morgan fingerprint density at radius 2 is 1.33 bits per heavy atom. The van der Waals surface area contributed by atoms with E-state index in [0.29, 0.717) is 19.8 Å². The number of nitrogens with one attached hydrogen (secondary N) is 3. The molecule has 0 saturated carbocycles. The highest BCUT2D eigenvalue weighted by Gasteiger charge is 2.23. The topological polar surface area (TPSA) is 152 Å². The van der Waals surface area contributed by atoms with Crippen LogP contribution in [0.2, 0.25) is 0 Å². The van der Waals surface area contributed by atoms with Crippen LogP contribution in [0.3, 0.4) is 0 Å². The Balaban J connectivity index is 1.89. The molecule has 0 aromatic heterocycles. The number of alkyl carbamates (subject to hydrolysis) is 1. The molecule has 1 aliphatic heterocycles. The average Bonchev–Trinajstić information content (AvgIpc) is 3.04. The molecule has 0 radical (unpaired) electrons. The zero-order valence-electron chi connectivity index (χ0n) is 19.4. The fourth-order valence-corrected chi connectivity index (χ4v) is 2.47. The number of hydrogen-bond donors (Lipinski definition) is 3. The van der Waals surface area contributed by atoms with E-state index in [1.807, 2.05) is 0 Å². The van der Waals surface area contributed by atoms with Crippen molar-refractivity contribution in [3.05, 3.63) is 12.2 Å². The van der Waals surface area contributed by atoms with Gasteiger partial charge in [-0.2, -0.15) is 0 Å². The minimum absolute atomic E-state index is 0.0292.